The standard InChI is InChI=1S/C15H21ClN2OS2/c16-12-6-5-11(21-12)7-10-18-14(19)15(13(17)20)8-3-1-2-4-9-15/h5-6H,1-4,7-10H2,(H2,17,20)(H,18,19). The highest BCUT2D eigenvalue weighted by Gasteiger charge is 2.41. The quantitative estimate of drug-likeness (QED) is 0.632. The number of halogens is 1. The monoisotopic (exact) mass is 344 g/mol. The third-order valence-corrected chi connectivity index (χ3v) is 5.83. The molecule has 1 fully saturated rings. The summed E-state index contributed by atoms with van der Waals surface area (Å²) in [6.45, 7) is 0.597. The Labute approximate surface area is 140 Å². The fourth-order valence-electron chi connectivity index (χ4n) is 2.87. The van der Waals surface area contributed by atoms with Crippen LogP contribution in [-0.4, -0.2) is 17.4 Å². The molecule has 0 radical (unpaired) electrons. The number of carbonyl (C=O) groups is 1. The van der Waals surface area contributed by atoms with Crippen LogP contribution in [0, 0.1) is 5.41 Å². The fraction of sp³-hybridized carbons (Fsp3) is 0.600. The lowest BCUT2D eigenvalue weighted by Gasteiger charge is -2.30. The van der Waals surface area contributed by atoms with Crippen molar-refractivity contribution in [2.24, 2.45) is 11.1 Å². The minimum absolute atomic E-state index is 0.000414. The third-order valence-electron chi connectivity index (χ3n) is 4.15. The molecule has 1 amide bonds. The second-order valence-electron chi connectivity index (χ2n) is 5.57. The zero-order chi connectivity index (χ0) is 15.3. The maximum atomic E-state index is 12.6. The van der Waals surface area contributed by atoms with Crippen molar-refractivity contribution in [3.05, 3.63) is 21.3 Å². The summed E-state index contributed by atoms with van der Waals surface area (Å²) in [6, 6.07) is 3.87. The molecule has 1 aromatic heterocycles. The van der Waals surface area contributed by atoms with Crippen LogP contribution >= 0.6 is 35.2 Å². The Morgan fingerprint density at radius 3 is 2.52 bits per heavy atom. The van der Waals surface area contributed by atoms with Crippen LogP contribution in [0.25, 0.3) is 0 Å². The molecule has 1 aromatic rings. The van der Waals surface area contributed by atoms with E-state index in [0.29, 0.717) is 11.5 Å². The van der Waals surface area contributed by atoms with Crippen LogP contribution in [0.1, 0.15) is 43.4 Å². The molecule has 6 heteroatoms. The van der Waals surface area contributed by atoms with Gasteiger partial charge in [0.1, 0.15) is 0 Å². The van der Waals surface area contributed by atoms with E-state index < -0.39 is 5.41 Å². The molecule has 3 nitrogen and oxygen atoms in total. The first-order chi connectivity index (χ1) is 10.0. The molecule has 116 valence electrons. The summed E-state index contributed by atoms with van der Waals surface area (Å²) >= 11 is 12.7. The number of thiocarbonyl (C=S) groups is 1. The molecule has 21 heavy (non-hydrogen) atoms. The van der Waals surface area contributed by atoms with E-state index in [9.17, 15) is 4.79 Å². The summed E-state index contributed by atoms with van der Waals surface area (Å²) in [4.78, 5) is 14.1. The van der Waals surface area contributed by atoms with Crippen LogP contribution < -0.4 is 11.1 Å². The van der Waals surface area contributed by atoms with E-state index in [1.54, 1.807) is 11.3 Å². The lowest BCUT2D eigenvalue weighted by Crippen LogP contribution is -2.49. The lowest BCUT2D eigenvalue weighted by molar-refractivity contribution is -0.128. The van der Waals surface area contributed by atoms with Crippen LogP contribution in [-0.2, 0) is 11.2 Å². The highest BCUT2D eigenvalue weighted by atomic mass is 35.5. The number of rotatable bonds is 5. The summed E-state index contributed by atoms with van der Waals surface area (Å²) < 4.78 is 0.778. The summed E-state index contributed by atoms with van der Waals surface area (Å²) in [5.74, 6) is -0.000414. The van der Waals surface area contributed by atoms with Gasteiger partial charge in [0, 0.05) is 11.4 Å². The van der Waals surface area contributed by atoms with Crippen molar-refractivity contribution in [3.8, 4) is 0 Å². The number of thiophene rings is 1. The molecule has 1 aliphatic carbocycles. The second kappa shape index (κ2) is 7.56. The third kappa shape index (κ3) is 4.18. The molecule has 0 aromatic carbocycles. The summed E-state index contributed by atoms with van der Waals surface area (Å²) in [5, 5.41) is 3.02. The van der Waals surface area contributed by atoms with Crippen molar-refractivity contribution in [1.82, 2.24) is 5.32 Å². The number of carbonyl (C=O) groups excluding carboxylic acids is 1. The van der Waals surface area contributed by atoms with Crippen molar-refractivity contribution in [2.75, 3.05) is 6.54 Å². The maximum absolute atomic E-state index is 12.6. The molecule has 3 N–H and O–H groups in total. The van der Waals surface area contributed by atoms with Gasteiger partial charge in [0.25, 0.3) is 0 Å². The second-order valence-corrected chi connectivity index (χ2v) is 7.81. The Bertz CT molecular complexity index is 508. The van der Waals surface area contributed by atoms with Crippen molar-refractivity contribution in [1.29, 1.82) is 0 Å². The van der Waals surface area contributed by atoms with Gasteiger partial charge in [-0.25, -0.2) is 0 Å². The number of amides is 1. The molecule has 0 unspecified atom stereocenters. The van der Waals surface area contributed by atoms with Gasteiger partial charge in [-0.2, -0.15) is 0 Å². The lowest BCUT2D eigenvalue weighted by atomic mass is 9.79. The van der Waals surface area contributed by atoms with Gasteiger partial charge in [-0.15, -0.1) is 11.3 Å². The van der Waals surface area contributed by atoms with Crippen LogP contribution in [0.3, 0.4) is 0 Å². The Morgan fingerprint density at radius 2 is 2.00 bits per heavy atom. The smallest absolute Gasteiger partial charge is 0.233 e. The SMILES string of the molecule is NC(=S)C1(C(=O)NCCc2ccc(Cl)s2)CCCCCC1. The van der Waals surface area contributed by atoms with E-state index >= 15 is 0 Å². The van der Waals surface area contributed by atoms with Gasteiger partial charge in [-0.3, -0.25) is 4.79 Å². The highest BCUT2D eigenvalue weighted by molar-refractivity contribution is 7.80. The van der Waals surface area contributed by atoms with Crippen molar-refractivity contribution >= 4 is 46.1 Å². The average molecular weight is 345 g/mol. The van der Waals surface area contributed by atoms with Gasteiger partial charge in [-0.05, 0) is 31.4 Å². The van der Waals surface area contributed by atoms with E-state index in [-0.39, 0.29) is 5.91 Å². The molecular weight excluding hydrogens is 324 g/mol. The predicted octanol–water partition coefficient (Wildman–Crippen LogP) is 3.69. The van der Waals surface area contributed by atoms with Crippen molar-refractivity contribution in [2.45, 2.75) is 44.9 Å². The zero-order valence-corrected chi connectivity index (χ0v) is 14.4. The van der Waals surface area contributed by atoms with Crippen molar-refractivity contribution < 1.29 is 4.79 Å². The molecule has 0 spiro atoms. The fourth-order valence-corrected chi connectivity index (χ4v) is 4.26. The van der Waals surface area contributed by atoms with Crippen LogP contribution in [0.4, 0.5) is 0 Å². The predicted molar refractivity (Wildman–Crippen MR) is 93.0 cm³/mol. The molecule has 0 saturated heterocycles. The molecule has 0 aliphatic heterocycles. The first kappa shape index (κ1) is 16.7. The molecular formula is C15H21ClN2OS2. The summed E-state index contributed by atoms with van der Waals surface area (Å²) in [6.07, 6.45) is 6.70. The topological polar surface area (TPSA) is 55.1 Å². The largest absolute Gasteiger partial charge is 0.392 e. The van der Waals surface area contributed by atoms with E-state index in [1.165, 1.54) is 4.88 Å². The Kier molecular flexibility index (Phi) is 6.02. The molecule has 2 rings (SSSR count). The zero-order valence-electron chi connectivity index (χ0n) is 12.0. The van der Waals surface area contributed by atoms with Crippen molar-refractivity contribution in [3.63, 3.8) is 0 Å². The Morgan fingerprint density at radius 1 is 1.33 bits per heavy atom. The van der Waals surface area contributed by atoms with E-state index in [1.807, 2.05) is 12.1 Å². The molecule has 1 heterocycles. The van der Waals surface area contributed by atoms with Crippen LogP contribution in [0.2, 0.25) is 4.34 Å². The van der Waals surface area contributed by atoms with E-state index in [0.717, 1.165) is 49.3 Å². The van der Waals surface area contributed by atoms with Crippen LogP contribution in [0.5, 0.6) is 0 Å². The minimum atomic E-state index is -0.640. The maximum Gasteiger partial charge on any atom is 0.233 e. The average Bonchev–Trinajstić information content (AvgIpc) is 2.72. The first-order valence-electron chi connectivity index (χ1n) is 7.37. The Balaban J connectivity index is 1.93. The summed E-state index contributed by atoms with van der Waals surface area (Å²) in [7, 11) is 0. The van der Waals surface area contributed by atoms with Gasteiger partial charge < -0.3 is 11.1 Å². The van der Waals surface area contributed by atoms with E-state index in [4.69, 9.17) is 29.6 Å². The first-order valence-corrected chi connectivity index (χ1v) is 8.97. The molecule has 0 bridgehead atoms. The molecule has 1 saturated carbocycles. The van der Waals surface area contributed by atoms with Gasteiger partial charge >= 0.3 is 0 Å². The van der Waals surface area contributed by atoms with Gasteiger partial charge in [0.05, 0.1) is 14.7 Å². The summed E-state index contributed by atoms with van der Waals surface area (Å²) in [5.41, 5.74) is 5.27. The van der Waals surface area contributed by atoms with E-state index in [2.05, 4.69) is 5.32 Å². The molecule has 0 atom stereocenters. The van der Waals surface area contributed by atoms with Gasteiger partial charge in [-0.1, -0.05) is 49.5 Å². The minimum Gasteiger partial charge on any atom is -0.392 e. The number of hydrogen-bond acceptors (Lipinski definition) is 3. The number of nitrogens with two attached hydrogens (primary N) is 1. The number of hydrogen-bond donors (Lipinski definition) is 2. The molecule has 1 aliphatic rings. The highest BCUT2D eigenvalue weighted by Crippen LogP contribution is 2.35. The normalized spacial score (nSPS) is 18.0. The number of nitrogens with one attached hydrogen (secondary N) is 1. The van der Waals surface area contributed by atoms with Gasteiger partial charge in [0.15, 0.2) is 0 Å². The Hall–Kier alpha value is -0.650. The van der Waals surface area contributed by atoms with Crippen LogP contribution in [0.15, 0.2) is 12.1 Å². The van der Waals surface area contributed by atoms with Gasteiger partial charge in [0.2, 0.25) is 5.91 Å².